The van der Waals surface area contributed by atoms with Gasteiger partial charge in [-0.3, -0.25) is 10.1 Å². The fourth-order valence-electron chi connectivity index (χ4n) is 3.08. The number of hydrogen-bond acceptors (Lipinski definition) is 6. The fourth-order valence-corrected chi connectivity index (χ4v) is 3.08. The van der Waals surface area contributed by atoms with E-state index in [0.717, 1.165) is 29.8 Å². The van der Waals surface area contributed by atoms with Gasteiger partial charge in [0.2, 0.25) is 0 Å². The Labute approximate surface area is 143 Å². The summed E-state index contributed by atoms with van der Waals surface area (Å²) in [4.78, 5) is 15.4. The predicted molar refractivity (Wildman–Crippen MR) is 94.0 cm³/mol. The van der Waals surface area contributed by atoms with Crippen molar-refractivity contribution in [2.75, 3.05) is 17.2 Å². The fraction of sp³-hybridized carbons (Fsp3) is 0.176. The van der Waals surface area contributed by atoms with Crippen molar-refractivity contribution in [3.05, 3.63) is 70.2 Å². The minimum absolute atomic E-state index is 0.0898. The lowest BCUT2D eigenvalue weighted by Gasteiger charge is -2.13. The average Bonchev–Trinajstić information content (AvgIpc) is 3.31. The van der Waals surface area contributed by atoms with E-state index in [2.05, 4.69) is 20.7 Å². The monoisotopic (exact) mass is 336 g/mol. The largest absolute Gasteiger partial charge is 0.384 e. The van der Waals surface area contributed by atoms with Crippen molar-refractivity contribution in [1.29, 1.82) is 0 Å². The van der Waals surface area contributed by atoms with Crippen LogP contribution >= 0.6 is 0 Å². The molecular weight excluding hydrogens is 320 g/mol. The number of pyridine rings is 1. The number of benzene rings is 1. The number of aromatic nitrogens is 3. The topological polar surface area (TPSA) is 97.9 Å². The van der Waals surface area contributed by atoms with Crippen molar-refractivity contribution >= 4 is 17.1 Å². The van der Waals surface area contributed by atoms with E-state index in [1.165, 1.54) is 6.07 Å². The van der Waals surface area contributed by atoms with Crippen LogP contribution in [-0.2, 0) is 13.0 Å². The Morgan fingerprint density at radius 1 is 1.28 bits per heavy atom. The van der Waals surface area contributed by atoms with Gasteiger partial charge in [0, 0.05) is 54.6 Å². The molecule has 0 saturated heterocycles. The smallest absolute Gasteiger partial charge is 0.292 e. The van der Waals surface area contributed by atoms with E-state index >= 15 is 0 Å². The molecule has 0 saturated carbocycles. The predicted octanol–water partition coefficient (Wildman–Crippen LogP) is 2.76. The van der Waals surface area contributed by atoms with Crippen molar-refractivity contribution in [2.45, 2.75) is 13.0 Å². The van der Waals surface area contributed by atoms with Crippen LogP contribution in [0.3, 0.4) is 0 Å². The Morgan fingerprint density at radius 3 is 3.00 bits per heavy atom. The van der Waals surface area contributed by atoms with Gasteiger partial charge in [-0.15, -0.1) is 0 Å². The van der Waals surface area contributed by atoms with E-state index in [1.807, 2.05) is 24.4 Å². The second-order valence-corrected chi connectivity index (χ2v) is 5.71. The summed E-state index contributed by atoms with van der Waals surface area (Å²) in [6.45, 7) is 1.21. The molecule has 2 N–H and O–H groups in total. The maximum Gasteiger partial charge on any atom is 0.292 e. The number of rotatable bonds is 5. The summed E-state index contributed by atoms with van der Waals surface area (Å²) in [6.07, 6.45) is 5.97. The molecule has 0 bridgehead atoms. The number of nitrogens with one attached hydrogen (secondary N) is 2. The SMILES string of the molecule is O=[N+]([O-])c1ccc2c(c1NCc1cccnc1-n1cccn1)CCN2. The van der Waals surface area contributed by atoms with Crippen LogP contribution < -0.4 is 10.6 Å². The maximum absolute atomic E-state index is 11.4. The number of nitrogens with zero attached hydrogens (tertiary/aromatic N) is 4. The molecule has 0 atom stereocenters. The van der Waals surface area contributed by atoms with Gasteiger partial charge in [-0.1, -0.05) is 6.07 Å². The number of fused-ring (bicyclic) bond motifs is 1. The van der Waals surface area contributed by atoms with Crippen molar-refractivity contribution in [1.82, 2.24) is 14.8 Å². The summed E-state index contributed by atoms with van der Waals surface area (Å²) in [5.41, 5.74) is 3.48. The van der Waals surface area contributed by atoms with Gasteiger partial charge < -0.3 is 10.6 Å². The van der Waals surface area contributed by atoms with Crippen molar-refractivity contribution in [3.8, 4) is 5.82 Å². The Bertz CT molecular complexity index is 923. The van der Waals surface area contributed by atoms with E-state index in [9.17, 15) is 10.1 Å². The highest BCUT2D eigenvalue weighted by Crippen LogP contribution is 2.37. The minimum atomic E-state index is -0.349. The highest BCUT2D eigenvalue weighted by atomic mass is 16.6. The van der Waals surface area contributed by atoms with Gasteiger partial charge >= 0.3 is 0 Å². The molecule has 3 aromatic rings. The van der Waals surface area contributed by atoms with Gasteiger partial charge in [-0.05, 0) is 24.6 Å². The zero-order chi connectivity index (χ0) is 17.2. The van der Waals surface area contributed by atoms with Crippen molar-refractivity contribution < 1.29 is 4.92 Å². The Hall–Kier alpha value is -3.42. The van der Waals surface area contributed by atoms with Crippen LogP contribution in [0.2, 0.25) is 0 Å². The van der Waals surface area contributed by atoms with Gasteiger partial charge in [0.05, 0.1) is 4.92 Å². The van der Waals surface area contributed by atoms with Crippen LogP contribution in [0.1, 0.15) is 11.1 Å². The van der Waals surface area contributed by atoms with Crippen molar-refractivity contribution in [2.24, 2.45) is 0 Å². The molecule has 0 unspecified atom stereocenters. The lowest BCUT2D eigenvalue weighted by Crippen LogP contribution is -2.09. The van der Waals surface area contributed by atoms with E-state index in [0.29, 0.717) is 18.1 Å². The highest BCUT2D eigenvalue weighted by molar-refractivity contribution is 5.77. The highest BCUT2D eigenvalue weighted by Gasteiger charge is 2.23. The molecule has 0 amide bonds. The first-order chi connectivity index (χ1) is 12.2. The van der Waals surface area contributed by atoms with Gasteiger partial charge in [-0.2, -0.15) is 5.10 Å². The normalized spacial score (nSPS) is 12.5. The van der Waals surface area contributed by atoms with Crippen LogP contribution in [0.5, 0.6) is 0 Å². The zero-order valence-corrected chi connectivity index (χ0v) is 13.3. The number of hydrogen-bond donors (Lipinski definition) is 2. The van der Waals surface area contributed by atoms with E-state index in [4.69, 9.17) is 0 Å². The molecule has 126 valence electrons. The first-order valence-electron chi connectivity index (χ1n) is 7.96. The van der Waals surface area contributed by atoms with Crippen LogP contribution in [0.4, 0.5) is 17.1 Å². The van der Waals surface area contributed by atoms with Gasteiger partial charge in [0.1, 0.15) is 5.69 Å². The quantitative estimate of drug-likeness (QED) is 0.549. The third-order valence-corrected chi connectivity index (χ3v) is 4.22. The lowest BCUT2D eigenvalue weighted by atomic mass is 10.1. The average molecular weight is 336 g/mol. The molecule has 1 aliphatic heterocycles. The molecule has 2 aromatic heterocycles. The molecule has 25 heavy (non-hydrogen) atoms. The van der Waals surface area contributed by atoms with E-state index in [1.54, 1.807) is 23.1 Å². The molecular formula is C17H16N6O2. The summed E-state index contributed by atoms with van der Waals surface area (Å²) in [5, 5.41) is 22.1. The molecule has 0 radical (unpaired) electrons. The Morgan fingerprint density at radius 2 is 2.20 bits per heavy atom. The molecule has 1 aliphatic rings. The molecule has 8 nitrogen and oxygen atoms in total. The Balaban J connectivity index is 1.67. The van der Waals surface area contributed by atoms with E-state index < -0.39 is 0 Å². The molecule has 4 rings (SSSR count). The molecule has 1 aromatic carbocycles. The van der Waals surface area contributed by atoms with Gasteiger partial charge in [-0.25, -0.2) is 9.67 Å². The Kier molecular flexibility index (Phi) is 3.77. The molecule has 3 heterocycles. The second kappa shape index (κ2) is 6.23. The summed E-state index contributed by atoms with van der Waals surface area (Å²) in [6, 6.07) is 8.91. The van der Waals surface area contributed by atoms with Crippen LogP contribution in [0, 0.1) is 10.1 Å². The van der Waals surface area contributed by atoms with Gasteiger partial charge in [0.25, 0.3) is 5.69 Å². The summed E-state index contributed by atoms with van der Waals surface area (Å²) >= 11 is 0. The number of nitro benzene ring substituents is 1. The standard InChI is InChI=1S/C17H16N6O2/c24-23(25)15-5-4-14-13(6-9-18-14)16(15)20-11-12-3-1-7-19-17(12)22-10-2-8-21-22/h1-5,7-8,10,18,20H,6,9,11H2. The summed E-state index contributed by atoms with van der Waals surface area (Å²) in [5.74, 6) is 0.702. The van der Waals surface area contributed by atoms with Crippen molar-refractivity contribution in [3.63, 3.8) is 0 Å². The first-order valence-corrected chi connectivity index (χ1v) is 7.96. The van der Waals surface area contributed by atoms with Crippen LogP contribution in [0.25, 0.3) is 5.82 Å². The van der Waals surface area contributed by atoms with Gasteiger partial charge in [0.15, 0.2) is 5.82 Å². The summed E-state index contributed by atoms with van der Waals surface area (Å²) < 4.78 is 1.68. The second-order valence-electron chi connectivity index (χ2n) is 5.71. The molecule has 0 fully saturated rings. The summed E-state index contributed by atoms with van der Waals surface area (Å²) in [7, 11) is 0. The van der Waals surface area contributed by atoms with E-state index in [-0.39, 0.29) is 10.6 Å². The first kappa shape index (κ1) is 15.1. The molecule has 0 aliphatic carbocycles. The lowest BCUT2D eigenvalue weighted by molar-refractivity contribution is -0.384. The third-order valence-electron chi connectivity index (χ3n) is 4.22. The maximum atomic E-state index is 11.4. The number of anilines is 2. The molecule has 0 spiro atoms. The minimum Gasteiger partial charge on any atom is -0.384 e. The third kappa shape index (κ3) is 2.78. The van der Waals surface area contributed by atoms with Crippen LogP contribution in [-0.4, -0.2) is 26.2 Å². The number of nitro groups is 1. The van der Waals surface area contributed by atoms with Crippen LogP contribution in [0.15, 0.2) is 48.9 Å². The zero-order valence-electron chi connectivity index (χ0n) is 13.3. The molecule has 8 heteroatoms.